The molecule has 182 valence electrons. The fraction of sp³-hybridized carbons (Fsp3) is 0.545. The highest BCUT2D eigenvalue weighted by molar-refractivity contribution is 7.89. The van der Waals surface area contributed by atoms with Crippen LogP contribution < -0.4 is 20.7 Å². The SMILES string of the molecule is CCC[C@@H](NS(=O)(=O)CCCOCn1ccc(=O)[nH]c1=O)c1ccc(F)c(OCC2CC2)c1. The van der Waals surface area contributed by atoms with Gasteiger partial charge in [0.05, 0.1) is 12.4 Å². The molecule has 1 aliphatic rings. The third-order valence-corrected chi connectivity index (χ3v) is 6.73. The van der Waals surface area contributed by atoms with E-state index in [1.165, 1.54) is 22.9 Å². The lowest BCUT2D eigenvalue weighted by Gasteiger charge is -2.20. The van der Waals surface area contributed by atoms with Crippen molar-refractivity contribution in [2.45, 2.75) is 51.8 Å². The Labute approximate surface area is 192 Å². The summed E-state index contributed by atoms with van der Waals surface area (Å²) in [5.74, 6) is -0.00940. The molecule has 0 aliphatic heterocycles. The largest absolute Gasteiger partial charge is 0.490 e. The monoisotopic (exact) mass is 483 g/mol. The van der Waals surface area contributed by atoms with Crippen molar-refractivity contribution < 1.29 is 22.3 Å². The number of hydrogen-bond acceptors (Lipinski definition) is 6. The molecule has 33 heavy (non-hydrogen) atoms. The quantitative estimate of drug-likeness (QED) is 0.398. The minimum atomic E-state index is -3.63. The molecule has 1 atom stereocenters. The molecule has 2 aromatic rings. The summed E-state index contributed by atoms with van der Waals surface area (Å²) in [6, 6.07) is 5.16. The van der Waals surface area contributed by atoms with Gasteiger partial charge in [-0.05, 0) is 49.3 Å². The van der Waals surface area contributed by atoms with E-state index < -0.39 is 33.1 Å². The van der Waals surface area contributed by atoms with Crippen molar-refractivity contribution in [3.05, 3.63) is 62.7 Å². The Morgan fingerprint density at radius 1 is 1.27 bits per heavy atom. The molecule has 1 aliphatic carbocycles. The van der Waals surface area contributed by atoms with E-state index in [2.05, 4.69) is 9.71 Å². The molecule has 0 saturated heterocycles. The summed E-state index contributed by atoms with van der Waals surface area (Å²) in [6.45, 7) is 2.43. The Morgan fingerprint density at radius 3 is 2.76 bits per heavy atom. The molecule has 0 amide bonds. The van der Waals surface area contributed by atoms with Gasteiger partial charge in [-0.3, -0.25) is 14.3 Å². The molecule has 1 heterocycles. The summed E-state index contributed by atoms with van der Waals surface area (Å²) in [5, 5.41) is 0. The lowest BCUT2D eigenvalue weighted by molar-refractivity contribution is 0.0744. The summed E-state index contributed by atoms with van der Waals surface area (Å²) in [5.41, 5.74) is -0.446. The average molecular weight is 484 g/mol. The maximum absolute atomic E-state index is 14.1. The number of sulfonamides is 1. The van der Waals surface area contributed by atoms with E-state index >= 15 is 0 Å². The Morgan fingerprint density at radius 2 is 2.06 bits per heavy atom. The van der Waals surface area contributed by atoms with E-state index in [1.807, 2.05) is 6.92 Å². The van der Waals surface area contributed by atoms with Crippen LogP contribution in [0.15, 0.2) is 40.1 Å². The minimum absolute atomic E-state index is 0.0965. The molecule has 0 radical (unpaired) electrons. The number of aromatic nitrogens is 2. The molecule has 0 unspecified atom stereocenters. The summed E-state index contributed by atoms with van der Waals surface area (Å²) < 4.78 is 54.2. The zero-order valence-electron chi connectivity index (χ0n) is 18.6. The van der Waals surface area contributed by atoms with Gasteiger partial charge < -0.3 is 9.47 Å². The fourth-order valence-corrected chi connectivity index (χ4v) is 4.56. The number of aromatic amines is 1. The molecule has 0 spiro atoms. The number of halogens is 1. The van der Waals surface area contributed by atoms with Crippen LogP contribution in [0.1, 0.15) is 50.6 Å². The molecule has 1 saturated carbocycles. The number of H-pyrrole nitrogens is 1. The predicted molar refractivity (Wildman–Crippen MR) is 121 cm³/mol. The van der Waals surface area contributed by atoms with Crippen molar-refractivity contribution in [2.75, 3.05) is 19.0 Å². The third kappa shape index (κ3) is 8.09. The Hall–Kier alpha value is -2.50. The van der Waals surface area contributed by atoms with Crippen LogP contribution in [0.2, 0.25) is 0 Å². The lowest BCUT2D eigenvalue weighted by Crippen LogP contribution is -2.31. The Balaban J connectivity index is 1.52. The molecule has 11 heteroatoms. The second-order valence-corrected chi connectivity index (χ2v) is 10.1. The van der Waals surface area contributed by atoms with Crippen LogP contribution >= 0.6 is 0 Å². The van der Waals surface area contributed by atoms with Crippen LogP contribution in [0.25, 0.3) is 0 Å². The van der Waals surface area contributed by atoms with E-state index in [-0.39, 0.29) is 31.3 Å². The molecular weight excluding hydrogens is 453 g/mol. The van der Waals surface area contributed by atoms with E-state index in [9.17, 15) is 22.4 Å². The summed E-state index contributed by atoms with van der Waals surface area (Å²) in [4.78, 5) is 24.8. The maximum atomic E-state index is 14.1. The van der Waals surface area contributed by atoms with Crippen molar-refractivity contribution in [1.82, 2.24) is 14.3 Å². The number of nitrogens with zero attached hydrogens (tertiary/aromatic N) is 1. The van der Waals surface area contributed by atoms with E-state index in [0.29, 0.717) is 24.5 Å². The lowest BCUT2D eigenvalue weighted by atomic mass is 10.0. The highest BCUT2D eigenvalue weighted by atomic mass is 32.2. The number of hydrogen-bond donors (Lipinski definition) is 2. The first-order valence-electron chi connectivity index (χ1n) is 11.1. The van der Waals surface area contributed by atoms with E-state index in [0.717, 1.165) is 19.3 Å². The van der Waals surface area contributed by atoms with Crippen LogP contribution in [-0.2, 0) is 21.5 Å². The number of ether oxygens (including phenoxy) is 2. The van der Waals surface area contributed by atoms with Gasteiger partial charge in [0.2, 0.25) is 10.0 Å². The Kier molecular flexibility index (Phi) is 8.81. The van der Waals surface area contributed by atoms with Crippen molar-refractivity contribution in [1.29, 1.82) is 0 Å². The minimum Gasteiger partial charge on any atom is -0.490 e. The highest BCUT2D eigenvalue weighted by Gasteiger charge is 2.24. The Bertz CT molecular complexity index is 1140. The van der Waals surface area contributed by atoms with Gasteiger partial charge >= 0.3 is 5.69 Å². The third-order valence-electron chi connectivity index (χ3n) is 5.26. The molecular formula is C22H30FN3O6S. The van der Waals surface area contributed by atoms with Crippen molar-refractivity contribution in [2.24, 2.45) is 5.92 Å². The fourth-order valence-electron chi connectivity index (χ4n) is 3.26. The zero-order chi connectivity index (χ0) is 23.8. The molecule has 1 fully saturated rings. The van der Waals surface area contributed by atoms with Crippen molar-refractivity contribution in [3.63, 3.8) is 0 Å². The first-order valence-corrected chi connectivity index (χ1v) is 12.7. The van der Waals surface area contributed by atoms with Crippen LogP contribution in [0, 0.1) is 11.7 Å². The first kappa shape index (κ1) is 25.1. The summed E-state index contributed by atoms with van der Waals surface area (Å²) in [6.07, 6.45) is 4.99. The predicted octanol–water partition coefficient (Wildman–Crippen LogP) is 2.29. The standard InChI is InChI=1S/C22H30FN3O6S/c1-2-4-19(17-7-8-18(23)20(13-17)32-14-16-5-6-16)25-33(29,30)12-3-11-31-15-26-10-9-21(27)24-22(26)28/h7-10,13,16,19,25H,2-6,11-12,14-15H2,1H3,(H,24,27,28)/t19-/m1/s1. The van der Waals surface area contributed by atoms with Crippen molar-refractivity contribution in [3.8, 4) is 5.75 Å². The number of nitrogens with one attached hydrogen (secondary N) is 2. The molecule has 1 aromatic carbocycles. The highest BCUT2D eigenvalue weighted by Crippen LogP contribution is 2.31. The molecule has 9 nitrogen and oxygen atoms in total. The number of benzene rings is 1. The van der Waals surface area contributed by atoms with E-state index in [1.54, 1.807) is 12.1 Å². The van der Waals surface area contributed by atoms with Gasteiger partial charge in [0, 0.05) is 24.9 Å². The molecule has 3 rings (SSSR count). The van der Waals surface area contributed by atoms with E-state index in [4.69, 9.17) is 9.47 Å². The number of rotatable bonds is 14. The van der Waals surface area contributed by atoms with Gasteiger partial charge in [0.25, 0.3) is 5.56 Å². The normalized spacial score (nSPS) is 14.8. The molecule has 2 N–H and O–H groups in total. The summed E-state index contributed by atoms with van der Waals surface area (Å²) in [7, 11) is -3.63. The van der Waals surface area contributed by atoms with Gasteiger partial charge in [-0.1, -0.05) is 19.4 Å². The van der Waals surface area contributed by atoms with Crippen LogP contribution in [0.4, 0.5) is 4.39 Å². The van der Waals surface area contributed by atoms with Gasteiger partial charge in [-0.25, -0.2) is 22.3 Å². The van der Waals surface area contributed by atoms with Crippen LogP contribution in [0.5, 0.6) is 5.75 Å². The smallest absolute Gasteiger partial charge is 0.330 e. The maximum Gasteiger partial charge on any atom is 0.330 e. The topological polar surface area (TPSA) is 119 Å². The first-order chi connectivity index (χ1) is 15.8. The van der Waals surface area contributed by atoms with Crippen LogP contribution in [-0.4, -0.2) is 36.9 Å². The second-order valence-electron chi connectivity index (χ2n) is 8.19. The average Bonchev–Trinajstić information content (AvgIpc) is 3.58. The van der Waals surface area contributed by atoms with Crippen LogP contribution in [0.3, 0.4) is 0 Å². The summed E-state index contributed by atoms with van der Waals surface area (Å²) >= 11 is 0. The molecule has 0 bridgehead atoms. The van der Waals surface area contributed by atoms with Gasteiger partial charge in [-0.15, -0.1) is 0 Å². The zero-order valence-corrected chi connectivity index (χ0v) is 19.4. The van der Waals surface area contributed by atoms with Crippen molar-refractivity contribution >= 4 is 10.0 Å². The van der Waals surface area contributed by atoms with Gasteiger partial charge in [0.15, 0.2) is 11.6 Å². The van der Waals surface area contributed by atoms with Gasteiger partial charge in [-0.2, -0.15) is 0 Å². The second kappa shape index (κ2) is 11.6. The van der Waals surface area contributed by atoms with Gasteiger partial charge in [0.1, 0.15) is 6.73 Å². The molecule has 1 aromatic heterocycles.